The van der Waals surface area contributed by atoms with Crippen LogP contribution in [0.15, 0.2) is 42.5 Å². The van der Waals surface area contributed by atoms with Gasteiger partial charge in [-0.3, -0.25) is 4.79 Å². The Bertz CT molecular complexity index is 1160. The first-order chi connectivity index (χ1) is 18.9. The highest BCUT2D eigenvalue weighted by atomic mass is 35.5. The average Bonchev–Trinajstić information content (AvgIpc) is 2.85. The van der Waals surface area contributed by atoms with Crippen LogP contribution in [0.5, 0.6) is 0 Å². The summed E-state index contributed by atoms with van der Waals surface area (Å²) >= 11 is 6.02. The monoisotopic (exact) mass is 577 g/mol. The van der Waals surface area contributed by atoms with E-state index in [1.54, 1.807) is 51.1 Å². The lowest BCUT2D eigenvalue weighted by atomic mass is 9.98. The summed E-state index contributed by atoms with van der Waals surface area (Å²) in [5, 5.41) is 3.13. The number of rotatable bonds is 9. The second kappa shape index (κ2) is 14.3. The van der Waals surface area contributed by atoms with Gasteiger partial charge in [0.2, 0.25) is 6.29 Å². The molecule has 2 aromatic carbocycles. The van der Waals surface area contributed by atoms with Crippen molar-refractivity contribution in [2.45, 2.75) is 96.7 Å². The zero-order chi connectivity index (χ0) is 29.3. The highest BCUT2D eigenvalue weighted by molar-refractivity contribution is 6.30. The van der Waals surface area contributed by atoms with Gasteiger partial charge in [0.25, 0.3) is 0 Å². The molecular weight excluding hydrogens is 541 g/mol. The topological polar surface area (TPSA) is 100 Å². The lowest BCUT2D eigenvalue weighted by molar-refractivity contribution is -0.169. The van der Waals surface area contributed by atoms with Crippen molar-refractivity contribution >= 4 is 29.8 Å². The van der Waals surface area contributed by atoms with E-state index in [9.17, 15) is 18.8 Å². The van der Waals surface area contributed by atoms with Gasteiger partial charge in [-0.2, -0.15) is 0 Å². The minimum absolute atomic E-state index is 0.187. The third kappa shape index (κ3) is 10.7. The van der Waals surface area contributed by atoms with Crippen LogP contribution < -0.4 is 5.32 Å². The van der Waals surface area contributed by atoms with E-state index in [-0.39, 0.29) is 18.9 Å². The van der Waals surface area contributed by atoms with E-state index in [0.29, 0.717) is 16.1 Å². The standard InChI is InChI=1S/C30H37ClFNO7/c1-19(38-29(36)39-24-8-6-5-7-9-24)37-27(34)18-23(33-28(35)40-30(2,3)4)16-20-10-12-21(13-11-20)25-17-22(31)14-15-26(25)32/h10-15,17,19,23-24H,5-9,16,18H2,1-4H3,(H,33,35)/t19?,23-/m1/s1. The quantitative estimate of drug-likeness (QED) is 0.189. The van der Waals surface area contributed by atoms with Crippen LogP contribution in [0.25, 0.3) is 11.1 Å². The second-order valence-electron chi connectivity index (χ2n) is 10.9. The predicted octanol–water partition coefficient (Wildman–Crippen LogP) is 7.35. The first kappa shape index (κ1) is 31.2. The minimum atomic E-state index is -1.17. The fourth-order valence-electron chi connectivity index (χ4n) is 4.41. The van der Waals surface area contributed by atoms with Gasteiger partial charge in [-0.15, -0.1) is 0 Å². The van der Waals surface area contributed by atoms with Gasteiger partial charge in [-0.25, -0.2) is 14.0 Å². The molecule has 1 fully saturated rings. The number of amides is 1. The van der Waals surface area contributed by atoms with Crippen molar-refractivity contribution in [3.8, 4) is 11.1 Å². The molecule has 0 spiro atoms. The van der Waals surface area contributed by atoms with E-state index in [1.807, 2.05) is 0 Å². The van der Waals surface area contributed by atoms with Crippen LogP contribution in [0.2, 0.25) is 5.02 Å². The smallest absolute Gasteiger partial charge is 0.444 e. The maximum absolute atomic E-state index is 14.3. The Balaban J connectivity index is 1.62. The van der Waals surface area contributed by atoms with Crippen LogP contribution in [-0.4, -0.2) is 42.3 Å². The van der Waals surface area contributed by atoms with Gasteiger partial charge >= 0.3 is 18.2 Å². The first-order valence-electron chi connectivity index (χ1n) is 13.5. The maximum Gasteiger partial charge on any atom is 0.511 e. The van der Waals surface area contributed by atoms with E-state index in [2.05, 4.69) is 5.32 Å². The SMILES string of the molecule is CC(OC(=O)C[C@@H](Cc1ccc(-c2cc(Cl)ccc2F)cc1)NC(=O)OC(C)(C)C)OC(=O)OC1CCCCC1. The van der Waals surface area contributed by atoms with Gasteiger partial charge in [-0.1, -0.05) is 42.3 Å². The number of nitrogens with one attached hydrogen (secondary N) is 1. The van der Waals surface area contributed by atoms with Crippen molar-refractivity contribution in [1.29, 1.82) is 0 Å². The molecule has 0 radical (unpaired) electrons. The molecule has 40 heavy (non-hydrogen) atoms. The molecule has 218 valence electrons. The second-order valence-corrected chi connectivity index (χ2v) is 11.3. The van der Waals surface area contributed by atoms with Crippen molar-refractivity contribution in [3.63, 3.8) is 0 Å². The van der Waals surface area contributed by atoms with E-state index in [1.165, 1.54) is 19.1 Å². The van der Waals surface area contributed by atoms with Crippen molar-refractivity contribution in [3.05, 3.63) is 58.9 Å². The molecule has 8 nitrogen and oxygen atoms in total. The number of hydrogen-bond acceptors (Lipinski definition) is 7. The molecule has 0 aliphatic heterocycles. The van der Waals surface area contributed by atoms with Gasteiger partial charge in [0.15, 0.2) is 0 Å². The Morgan fingerprint density at radius 1 is 1.02 bits per heavy atom. The number of esters is 1. The third-order valence-electron chi connectivity index (χ3n) is 6.18. The molecule has 0 heterocycles. The summed E-state index contributed by atoms with van der Waals surface area (Å²) in [6.45, 7) is 6.61. The number of carbonyl (C=O) groups excluding carboxylic acids is 3. The summed E-state index contributed by atoms with van der Waals surface area (Å²) in [5.74, 6) is -1.08. The summed E-state index contributed by atoms with van der Waals surface area (Å²) in [4.78, 5) is 37.3. The summed E-state index contributed by atoms with van der Waals surface area (Å²) in [6.07, 6.45) is 1.80. The van der Waals surface area contributed by atoms with E-state index in [0.717, 1.165) is 37.7 Å². The molecule has 2 aromatic rings. The van der Waals surface area contributed by atoms with Crippen molar-refractivity contribution in [1.82, 2.24) is 5.32 Å². The highest BCUT2D eigenvalue weighted by Crippen LogP contribution is 2.27. The zero-order valence-electron chi connectivity index (χ0n) is 23.3. The molecule has 1 aliphatic rings. The summed E-state index contributed by atoms with van der Waals surface area (Å²) in [5.41, 5.74) is 1.03. The van der Waals surface area contributed by atoms with Crippen LogP contribution >= 0.6 is 11.6 Å². The van der Waals surface area contributed by atoms with Gasteiger partial charge in [0, 0.05) is 23.6 Å². The fourth-order valence-corrected chi connectivity index (χ4v) is 4.58. The summed E-state index contributed by atoms with van der Waals surface area (Å²) < 4.78 is 35.3. The number of benzene rings is 2. The lowest BCUT2D eigenvalue weighted by Crippen LogP contribution is -2.42. The van der Waals surface area contributed by atoms with E-state index in [4.69, 9.17) is 30.5 Å². The normalized spacial score (nSPS) is 15.4. The van der Waals surface area contributed by atoms with Crippen LogP contribution in [0.3, 0.4) is 0 Å². The number of ether oxygens (including phenoxy) is 4. The van der Waals surface area contributed by atoms with Gasteiger partial charge < -0.3 is 24.3 Å². The van der Waals surface area contributed by atoms with Gasteiger partial charge in [0.05, 0.1) is 6.42 Å². The maximum atomic E-state index is 14.3. The lowest BCUT2D eigenvalue weighted by Gasteiger charge is -2.24. The van der Waals surface area contributed by atoms with Crippen LogP contribution in [0, 0.1) is 5.82 Å². The molecule has 0 bridgehead atoms. The van der Waals surface area contributed by atoms with Gasteiger partial charge in [0.1, 0.15) is 17.5 Å². The average molecular weight is 578 g/mol. The number of halogens is 2. The molecule has 1 amide bonds. The minimum Gasteiger partial charge on any atom is -0.444 e. The van der Waals surface area contributed by atoms with Crippen LogP contribution in [0.1, 0.15) is 71.8 Å². The zero-order valence-corrected chi connectivity index (χ0v) is 24.1. The molecule has 1 saturated carbocycles. The predicted molar refractivity (Wildman–Crippen MR) is 148 cm³/mol. The molecule has 2 atom stereocenters. The summed E-state index contributed by atoms with van der Waals surface area (Å²) in [6, 6.07) is 10.7. The van der Waals surface area contributed by atoms with Crippen molar-refractivity contribution in [2.75, 3.05) is 0 Å². The molecule has 1 N–H and O–H groups in total. The molecule has 10 heteroatoms. The molecule has 3 rings (SSSR count). The van der Waals surface area contributed by atoms with Crippen molar-refractivity contribution < 1.29 is 37.7 Å². The molecule has 1 unspecified atom stereocenters. The van der Waals surface area contributed by atoms with Gasteiger partial charge in [-0.05, 0) is 82.2 Å². The van der Waals surface area contributed by atoms with Crippen molar-refractivity contribution in [2.24, 2.45) is 0 Å². The highest BCUT2D eigenvalue weighted by Gasteiger charge is 2.25. The Labute approximate surface area is 239 Å². The third-order valence-corrected chi connectivity index (χ3v) is 6.42. The molecule has 0 aromatic heterocycles. The van der Waals surface area contributed by atoms with Crippen LogP contribution in [-0.2, 0) is 30.2 Å². The Morgan fingerprint density at radius 3 is 2.35 bits per heavy atom. The van der Waals surface area contributed by atoms with E-state index >= 15 is 0 Å². The fraction of sp³-hybridized carbons (Fsp3) is 0.500. The first-order valence-corrected chi connectivity index (χ1v) is 13.9. The Hall–Kier alpha value is -3.33. The molecule has 1 aliphatic carbocycles. The summed E-state index contributed by atoms with van der Waals surface area (Å²) in [7, 11) is 0. The number of carbonyl (C=O) groups is 3. The van der Waals surface area contributed by atoms with Crippen LogP contribution in [0.4, 0.5) is 14.0 Å². The largest absolute Gasteiger partial charge is 0.511 e. The number of alkyl carbamates (subject to hydrolysis) is 1. The Morgan fingerprint density at radius 2 is 1.70 bits per heavy atom. The molecular formula is C30H37ClFNO7. The number of hydrogen-bond donors (Lipinski definition) is 1. The van der Waals surface area contributed by atoms with E-state index < -0.39 is 42.0 Å². The Kier molecular flexibility index (Phi) is 11.2. The molecule has 0 saturated heterocycles.